The third kappa shape index (κ3) is 3.24. The zero-order chi connectivity index (χ0) is 20.5. The van der Waals surface area contributed by atoms with Gasteiger partial charge in [-0.1, -0.05) is 60.7 Å². The minimum Gasteiger partial charge on any atom is -0.496 e. The van der Waals surface area contributed by atoms with Gasteiger partial charge in [-0.2, -0.15) is 0 Å². The molecule has 1 aliphatic heterocycles. The number of allylic oxidation sites excluding steroid dienone is 1. The summed E-state index contributed by atoms with van der Waals surface area (Å²) in [5.74, 6) is 1.10. The standard InChI is InChI=1S/C26H24N2O2/c1-30-24-14-8-5-11-19(24)18-15-22-25(23(29)16-18)26(17-9-3-2-4-10-17)28-21-13-7-6-12-20(21)27-22/h2-14,18,26-28H,15-16H2,1H3. The molecule has 1 aliphatic carbocycles. The van der Waals surface area contributed by atoms with Gasteiger partial charge in [0.1, 0.15) is 5.75 Å². The van der Waals surface area contributed by atoms with Crippen molar-refractivity contribution in [2.75, 3.05) is 17.7 Å². The molecule has 2 N–H and O–H groups in total. The third-order valence-corrected chi connectivity index (χ3v) is 6.02. The summed E-state index contributed by atoms with van der Waals surface area (Å²) in [5, 5.41) is 7.20. The molecule has 2 unspecified atom stereocenters. The van der Waals surface area contributed by atoms with Crippen LogP contribution < -0.4 is 15.4 Å². The van der Waals surface area contributed by atoms with Crippen LogP contribution in [0.4, 0.5) is 11.4 Å². The molecule has 0 radical (unpaired) electrons. The average Bonchev–Trinajstić information content (AvgIpc) is 2.96. The molecule has 1 heterocycles. The number of carbonyl (C=O) groups excluding carboxylic acids is 1. The summed E-state index contributed by atoms with van der Waals surface area (Å²) >= 11 is 0. The number of Topliss-reactive ketones (excluding diaryl/α,β-unsaturated/α-hetero) is 1. The van der Waals surface area contributed by atoms with Gasteiger partial charge in [0.05, 0.1) is 24.5 Å². The van der Waals surface area contributed by atoms with Crippen molar-refractivity contribution in [3.05, 3.63) is 101 Å². The van der Waals surface area contributed by atoms with Gasteiger partial charge in [-0.15, -0.1) is 0 Å². The van der Waals surface area contributed by atoms with Crippen LogP contribution in [-0.4, -0.2) is 12.9 Å². The average molecular weight is 396 g/mol. The molecule has 2 atom stereocenters. The van der Waals surface area contributed by atoms with Crippen LogP contribution in [0.5, 0.6) is 5.75 Å². The molecule has 0 bridgehead atoms. The topological polar surface area (TPSA) is 50.4 Å². The van der Waals surface area contributed by atoms with Crippen molar-refractivity contribution in [1.82, 2.24) is 0 Å². The second kappa shape index (κ2) is 7.71. The summed E-state index contributed by atoms with van der Waals surface area (Å²) in [7, 11) is 1.68. The van der Waals surface area contributed by atoms with Crippen LogP contribution >= 0.6 is 0 Å². The minimum atomic E-state index is -0.177. The highest BCUT2D eigenvalue weighted by Gasteiger charge is 2.36. The number of hydrogen-bond acceptors (Lipinski definition) is 4. The molecule has 0 fully saturated rings. The number of benzene rings is 3. The lowest BCUT2D eigenvalue weighted by Gasteiger charge is -2.30. The number of ether oxygens (including phenoxy) is 1. The van der Waals surface area contributed by atoms with Gasteiger partial charge in [0, 0.05) is 23.6 Å². The molecule has 0 spiro atoms. The zero-order valence-electron chi connectivity index (χ0n) is 16.9. The summed E-state index contributed by atoms with van der Waals surface area (Å²) in [5.41, 5.74) is 6.01. The maximum absolute atomic E-state index is 13.5. The van der Waals surface area contributed by atoms with Gasteiger partial charge >= 0.3 is 0 Å². The SMILES string of the molecule is COc1ccccc1C1CC(=O)C2=C(C1)Nc1ccccc1NC2c1ccccc1. The number of methoxy groups -OCH3 is 1. The molecule has 5 rings (SSSR count). The van der Waals surface area contributed by atoms with Crippen LogP contribution in [-0.2, 0) is 4.79 Å². The first kappa shape index (κ1) is 18.5. The fourth-order valence-electron chi connectivity index (χ4n) is 4.61. The van der Waals surface area contributed by atoms with Crippen molar-refractivity contribution < 1.29 is 9.53 Å². The Morgan fingerprint density at radius 1 is 0.833 bits per heavy atom. The quantitative estimate of drug-likeness (QED) is 0.598. The molecule has 0 saturated heterocycles. The first-order chi connectivity index (χ1) is 14.7. The van der Waals surface area contributed by atoms with E-state index >= 15 is 0 Å². The van der Waals surface area contributed by atoms with E-state index in [0.29, 0.717) is 6.42 Å². The van der Waals surface area contributed by atoms with Gasteiger partial charge in [0.15, 0.2) is 5.78 Å². The number of hydrogen-bond donors (Lipinski definition) is 2. The summed E-state index contributed by atoms with van der Waals surface area (Å²) in [6.45, 7) is 0. The highest BCUT2D eigenvalue weighted by molar-refractivity contribution is 6.01. The second-order valence-electron chi connectivity index (χ2n) is 7.82. The van der Waals surface area contributed by atoms with Crippen molar-refractivity contribution in [3.63, 3.8) is 0 Å². The number of para-hydroxylation sites is 3. The largest absolute Gasteiger partial charge is 0.496 e. The van der Waals surface area contributed by atoms with Gasteiger partial charge in [0.2, 0.25) is 0 Å². The van der Waals surface area contributed by atoms with E-state index in [0.717, 1.165) is 45.9 Å². The number of nitrogens with one attached hydrogen (secondary N) is 2. The number of carbonyl (C=O) groups is 1. The Kier molecular flexibility index (Phi) is 4.75. The highest BCUT2D eigenvalue weighted by Crippen LogP contribution is 2.45. The first-order valence-corrected chi connectivity index (χ1v) is 10.3. The van der Waals surface area contributed by atoms with Crippen LogP contribution in [0.25, 0.3) is 0 Å². The second-order valence-corrected chi connectivity index (χ2v) is 7.82. The summed E-state index contributed by atoms with van der Waals surface area (Å²) in [6, 6.07) is 26.2. The molecule has 30 heavy (non-hydrogen) atoms. The van der Waals surface area contributed by atoms with Crippen LogP contribution in [0.2, 0.25) is 0 Å². The Hall–Kier alpha value is -3.53. The lowest BCUT2D eigenvalue weighted by atomic mass is 9.78. The molecular formula is C26H24N2O2. The number of ketones is 1. The van der Waals surface area contributed by atoms with Crippen molar-refractivity contribution >= 4 is 17.2 Å². The smallest absolute Gasteiger partial charge is 0.163 e. The first-order valence-electron chi connectivity index (χ1n) is 10.3. The molecule has 3 aromatic carbocycles. The van der Waals surface area contributed by atoms with E-state index in [1.165, 1.54) is 0 Å². The van der Waals surface area contributed by atoms with E-state index in [-0.39, 0.29) is 17.7 Å². The van der Waals surface area contributed by atoms with E-state index in [9.17, 15) is 4.79 Å². The zero-order valence-corrected chi connectivity index (χ0v) is 16.9. The highest BCUT2D eigenvalue weighted by atomic mass is 16.5. The van der Waals surface area contributed by atoms with E-state index in [2.05, 4.69) is 41.0 Å². The third-order valence-electron chi connectivity index (χ3n) is 6.02. The Labute approximate surface area is 176 Å². The van der Waals surface area contributed by atoms with Crippen molar-refractivity contribution in [1.29, 1.82) is 0 Å². The number of rotatable bonds is 3. The Morgan fingerprint density at radius 3 is 2.33 bits per heavy atom. The molecule has 0 aromatic heterocycles. The lowest BCUT2D eigenvalue weighted by Crippen LogP contribution is -2.27. The number of anilines is 2. The number of fused-ring (bicyclic) bond motifs is 1. The van der Waals surface area contributed by atoms with E-state index < -0.39 is 0 Å². The van der Waals surface area contributed by atoms with Crippen LogP contribution in [0, 0.1) is 0 Å². The lowest BCUT2D eigenvalue weighted by molar-refractivity contribution is -0.116. The minimum absolute atomic E-state index is 0.0848. The predicted octanol–water partition coefficient (Wildman–Crippen LogP) is 5.67. The van der Waals surface area contributed by atoms with Gasteiger partial charge in [-0.05, 0) is 35.7 Å². The predicted molar refractivity (Wildman–Crippen MR) is 120 cm³/mol. The van der Waals surface area contributed by atoms with Gasteiger partial charge in [0.25, 0.3) is 0 Å². The van der Waals surface area contributed by atoms with Crippen molar-refractivity contribution in [3.8, 4) is 5.75 Å². The van der Waals surface area contributed by atoms with Crippen LogP contribution in [0.3, 0.4) is 0 Å². The van der Waals surface area contributed by atoms with Crippen molar-refractivity contribution in [2.24, 2.45) is 0 Å². The van der Waals surface area contributed by atoms with Gasteiger partial charge < -0.3 is 15.4 Å². The molecule has 0 saturated carbocycles. The normalized spacial score (nSPS) is 20.4. The van der Waals surface area contributed by atoms with Gasteiger partial charge in [-0.25, -0.2) is 0 Å². The molecular weight excluding hydrogens is 372 g/mol. The molecule has 150 valence electrons. The maximum Gasteiger partial charge on any atom is 0.163 e. The molecule has 4 heteroatoms. The van der Waals surface area contributed by atoms with E-state index in [1.807, 2.05) is 48.5 Å². The Bertz CT molecular complexity index is 1120. The summed E-state index contributed by atoms with van der Waals surface area (Å²) in [4.78, 5) is 13.5. The summed E-state index contributed by atoms with van der Waals surface area (Å²) in [6.07, 6.45) is 1.24. The molecule has 0 amide bonds. The van der Waals surface area contributed by atoms with Crippen LogP contribution in [0.1, 0.15) is 35.9 Å². The Morgan fingerprint density at radius 2 is 1.53 bits per heavy atom. The molecule has 4 nitrogen and oxygen atoms in total. The molecule has 3 aromatic rings. The fourth-order valence-corrected chi connectivity index (χ4v) is 4.61. The van der Waals surface area contributed by atoms with Crippen LogP contribution in [0.15, 0.2) is 90.1 Å². The molecule has 2 aliphatic rings. The van der Waals surface area contributed by atoms with Gasteiger partial charge in [-0.3, -0.25) is 4.79 Å². The Balaban J connectivity index is 1.61. The van der Waals surface area contributed by atoms with Crippen molar-refractivity contribution in [2.45, 2.75) is 24.8 Å². The van der Waals surface area contributed by atoms with E-state index in [4.69, 9.17) is 4.74 Å². The monoisotopic (exact) mass is 396 g/mol. The fraction of sp³-hybridized carbons (Fsp3) is 0.192. The maximum atomic E-state index is 13.5. The van der Waals surface area contributed by atoms with E-state index in [1.54, 1.807) is 7.11 Å². The summed E-state index contributed by atoms with van der Waals surface area (Å²) < 4.78 is 5.58.